The van der Waals surface area contributed by atoms with Crippen LogP contribution in [0.5, 0.6) is 0 Å². The van der Waals surface area contributed by atoms with Crippen molar-refractivity contribution in [3.8, 4) is 11.1 Å². The zero-order valence-corrected chi connectivity index (χ0v) is 21.5. The van der Waals surface area contributed by atoms with Gasteiger partial charge in [-0.05, 0) is 68.0 Å². The molecule has 1 unspecified atom stereocenters. The van der Waals surface area contributed by atoms with Crippen molar-refractivity contribution in [1.29, 1.82) is 0 Å². The molecule has 4 N–H and O–H groups in total. The van der Waals surface area contributed by atoms with Gasteiger partial charge in [0.1, 0.15) is 11.9 Å². The number of pyridine rings is 1. The molecule has 192 valence electrons. The van der Waals surface area contributed by atoms with Crippen molar-refractivity contribution in [3.63, 3.8) is 0 Å². The first kappa shape index (κ1) is 26.0. The van der Waals surface area contributed by atoms with Crippen LogP contribution >= 0.6 is 0 Å². The number of anilines is 1. The van der Waals surface area contributed by atoms with E-state index in [9.17, 15) is 14.4 Å². The zero-order chi connectivity index (χ0) is 26.6. The van der Waals surface area contributed by atoms with Crippen LogP contribution in [0.2, 0.25) is 0 Å². The summed E-state index contributed by atoms with van der Waals surface area (Å²) >= 11 is 0. The first-order valence-electron chi connectivity index (χ1n) is 12.5. The summed E-state index contributed by atoms with van der Waals surface area (Å²) in [6, 6.07) is 18.4. The minimum absolute atomic E-state index is 0.117. The summed E-state index contributed by atoms with van der Waals surface area (Å²) in [7, 11) is 0. The maximum Gasteiger partial charge on any atom is 0.251 e. The summed E-state index contributed by atoms with van der Waals surface area (Å²) in [5.74, 6) is -0.115. The Bertz CT molecular complexity index is 1300. The van der Waals surface area contributed by atoms with Crippen LogP contribution in [0.15, 0.2) is 66.9 Å². The molecular weight excluding hydrogens is 466 g/mol. The Morgan fingerprint density at radius 2 is 1.81 bits per heavy atom. The van der Waals surface area contributed by atoms with E-state index in [1.54, 1.807) is 24.9 Å². The molecule has 0 bridgehead atoms. The molecule has 1 aliphatic heterocycles. The molecule has 0 saturated carbocycles. The predicted molar refractivity (Wildman–Crippen MR) is 144 cm³/mol. The Hall–Kier alpha value is -4.04. The van der Waals surface area contributed by atoms with Crippen molar-refractivity contribution in [2.24, 2.45) is 5.73 Å². The van der Waals surface area contributed by atoms with E-state index in [0.29, 0.717) is 37.3 Å². The molecule has 37 heavy (non-hydrogen) atoms. The fourth-order valence-electron chi connectivity index (χ4n) is 4.38. The van der Waals surface area contributed by atoms with E-state index in [-0.39, 0.29) is 17.7 Å². The van der Waals surface area contributed by atoms with Gasteiger partial charge in [-0.2, -0.15) is 0 Å². The number of amides is 3. The number of aromatic nitrogens is 1. The average Bonchev–Trinajstić information content (AvgIpc) is 3.01. The standard InChI is InChI=1S/C29H33N5O3/c1-4-31-26(35)23-10-6-5-9-22(23)20-13-11-19(12-14-20)18-34-25-21(8-7-17-32-25)15-16-24(27(34)36)33-28(37)29(2,3)30/h5-14,17,24H,4,15-16,18,30H2,1-3H3,(H,31,35)(H,33,37). The maximum atomic E-state index is 13.6. The van der Waals surface area contributed by atoms with Crippen LogP contribution in [0.4, 0.5) is 5.82 Å². The number of fused-ring (bicyclic) bond motifs is 1. The van der Waals surface area contributed by atoms with Crippen LogP contribution in [0, 0.1) is 0 Å². The molecule has 3 aromatic rings. The minimum Gasteiger partial charge on any atom is -0.352 e. The molecule has 8 heteroatoms. The number of carbonyl (C=O) groups excluding carboxylic acids is 3. The Morgan fingerprint density at radius 3 is 2.51 bits per heavy atom. The second-order valence-corrected chi connectivity index (χ2v) is 9.80. The van der Waals surface area contributed by atoms with Gasteiger partial charge in [-0.25, -0.2) is 4.98 Å². The second kappa shape index (κ2) is 10.9. The van der Waals surface area contributed by atoms with Crippen molar-refractivity contribution >= 4 is 23.5 Å². The topological polar surface area (TPSA) is 117 Å². The number of carbonyl (C=O) groups is 3. The summed E-state index contributed by atoms with van der Waals surface area (Å²) in [4.78, 5) is 44.9. The number of nitrogens with one attached hydrogen (secondary N) is 2. The lowest BCUT2D eigenvalue weighted by atomic mass is 9.98. The molecule has 0 saturated heterocycles. The highest BCUT2D eigenvalue weighted by Gasteiger charge is 2.34. The lowest BCUT2D eigenvalue weighted by Gasteiger charge is -2.27. The van der Waals surface area contributed by atoms with Crippen molar-refractivity contribution in [2.75, 3.05) is 11.4 Å². The van der Waals surface area contributed by atoms with Gasteiger partial charge in [0.2, 0.25) is 5.91 Å². The molecule has 1 atom stereocenters. The number of rotatable bonds is 7. The fourth-order valence-corrected chi connectivity index (χ4v) is 4.38. The second-order valence-electron chi connectivity index (χ2n) is 9.80. The van der Waals surface area contributed by atoms with E-state index in [1.807, 2.05) is 67.6 Å². The number of hydrogen-bond acceptors (Lipinski definition) is 5. The molecule has 0 spiro atoms. The van der Waals surface area contributed by atoms with Crippen LogP contribution in [-0.2, 0) is 22.6 Å². The summed E-state index contributed by atoms with van der Waals surface area (Å²) in [5.41, 5.74) is 9.06. The van der Waals surface area contributed by atoms with Crippen molar-refractivity contribution < 1.29 is 14.4 Å². The van der Waals surface area contributed by atoms with Gasteiger partial charge in [0.05, 0.1) is 12.1 Å². The smallest absolute Gasteiger partial charge is 0.251 e. The predicted octanol–water partition coefficient (Wildman–Crippen LogP) is 3.20. The van der Waals surface area contributed by atoms with Gasteiger partial charge < -0.3 is 16.4 Å². The van der Waals surface area contributed by atoms with Crippen LogP contribution in [0.25, 0.3) is 11.1 Å². The van der Waals surface area contributed by atoms with Crippen LogP contribution in [0.3, 0.4) is 0 Å². The molecular formula is C29H33N5O3. The van der Waals surface area contributed by atoms with Gasteiger partial charge in [0.25, 0.3) is 11.8 Å². The van der Waals surface area contributed by atoms with Crippen molar-refractivity contribution in [3.05, 3.63) is 83.6 Å². The molecule has 0 aliphatic carbocycles. The van der Waals surface area contributed by atoms with Gasteiger partial charge >= 0.3 is 0 Å². The van der Waals surface area contributed by atoms with Gasteiger partial charge in [-0.15, -0.1) is 0 Å². The van der Waals surface area contributed by atoms with Gasteiger partial charge in [0.15, 0.2) is 0 Å². The Balaban J connectivity index is 1.61. The Morgan fingerprint density at radius 1 is 1.08 bits per heavy atom. The largest absolute Gasteiger partial charge is 0.352 e. The molecule has 8 nitrogen and oxygen atoms in total. The van der Waals surface area contributed by atoms with E-state index >= 15 is 0 Å². The van der Waals surface area contributed by atoms with Crippen LogP contribution < -0.4 is 21.3 Å². The number of hydrogen-bond donors (Lipinski definition) is 3. The van der Waals surface area contributed by atoms with Gasteiger partial charge in [-0.1, -0.05) is 48.5 Å². The lowest BCUT2D eigenvalue weighted by Crippen LogP contribution is -2.56. The number of nitrogens with two attached hydrogens (primary N) is 1. The monoisotopic (exact) mass is 499 g/mol. The highest BCUT2D eigenvalue weighted by atomic mass is 16.2. The van der Waals surface area contributed by atoms with E-state index < -0.39 is 11.6 Å². The molecule has 3 amide bonds. The molecule has 0 radical (unpaired) electrons. The van der Waals surface area contributed by atoms with E-state index in [2.05, 4.69) is 15.6 Å². The lowest BCUT2D eigenvalue weighted by molar-refractivity contribution is -0.130. The normalized spacial score (nSPS) is 15.5. The number of benzene rings is 2. The molecule has 1 aliphatic rings. The molecule has 1 aromatic heterocycles. The summed E-state index contributed by atoms with van der Waals surface area (Å²) in [5, 5.41) is 5.69. The summed E-state index contributed by atoms with van der Waals surface area (Å²) < 4.78 is 0. The molecule has 4 rings (SSSR count). The van der Waals surface area contributed by atoms with Gasteiger partial charge in [-0.3, -0.25) is 19.3 Å². The highest BCUT2D eigenvalue weighted by Crippen LogP contribution is 2.28. The number of aryl methyl sites for hydroxylation is 1. The summed E-state index contributed by atoms with van der Waals surface area (Å²) in [6.45, 7) is 5.96. The minimum atomic E-state index is -1.09. The first-order valence-corrected chi connectivity index (χ1v) is 12.5. The third kappa shape index (κ3) is 5.86. The molecule has 2 heterocycles. The Kier molecular flexibility index (Phi) is 7.69. The van der Waals surface area contributed by atoms with E-state index in [4.69, 9.17) is 5.73 Å². The van der Waals surface area contributed by atoms with Gasteiger partial charge in [0, 0.05) is 18.3 Å². The zero-order valence-electron chi connectivity index (χ0n) is 21.5. The van der Waals surface area contributed by atoms with Crippen molar-refractivity contribution in [2.45, 2.75) is 51.7 Å². The number of nitrogens with zero attached hydrogens (tertiary/aromatic N) is 2. The van der Waals surface area contributed by atoms with E-state index in [0.717, 1.165) is 22.3 Å². The SMILES string of the molecule is CCNC(=O)c1ccccc1-c1ccc(CN2C(=O)C(NC(=O)C(C)(C)N)CCc3cccnc32)cc1. The third-order valence-electron chi connectivity index (χ3n) is 6.39. The van der Waals surface area contributed by atoms with Crippen LogP contribution in [-0.4, -0.2) is 40.8 Å². The average molecular weight is 500 g/mol. The Labute approximate surface area is 217 Å². The third-order valence-corrected chi connectivity index (χ3v) is 6.39. The fraction of sp³-hybridized carbons (Fsp3) is 0.310. The first-order chi connectivity index (χ1) is 17.7. The maximum absolute atomic E-state index is 13.6. The van der Waals surface area contributed by atoms with Crippen molar-refractivity contribution in [1.82, 2.24) is 15.6 Å². The highest BCUT2D eigenvalue weighted by molar-refractivity contribution is 6.01. The molecule has 0 fully saturated rings. The summed E-state index contributed by atoms with van der Waals surface area (Å²) in [6.07, 6.45) is 2.74. The quantitative estimate of drug-likeness (QED) is 0.462. The molecule has 2 aromatic carbocycles. The van der Waals surface area contributed by atoms with E-state index in [1.165, 1.54) is 0 Å². The van der Waals surface area contributed by atoms with Crippen LogP contribution in [0.1, 0.15) is 48.7 Å².